The predicted octanol–water partition coefficient (Wildman–Crippen LogP) is 2.32. The van der Waals surface area contributed by atoms with Crippen LogP contribution in [0.3, 0.4) is 0 Å². The Morgan fingerprint density at radius 2 is 0.444 bits per heavy atom. The summed E-state index contributed by atoms with van der Waals surface area (Å²) in [5.74, 6) is -1.09. The summed E-state index contributed by atoms with van der Waals surface area (Å²) in [4.78, 5) is 0. The molecular formula is C18H6O6Se3. The van der Waals surface area contributed by atoms with Crippen molar-refractivity contribution >= 4 is 101 Å². The van der Waals surface area contributed by atoms with Crippen molar-refractivity contribution in [2.75, 3.05) is 0 Å². The van der Waals surface area contributed by atoms with Gasteiger partial charge in [0.2, 0.25) is 0 Å². The van der Waals surface area contributed by atoms with E-state index < -0.39 is 43.5 Å². The summed E-state index contributed by atoms with van der Waals surface area (Å²) in [7, 11) is 0. The second-order valence-electron chi connectivity index (χ2n) is 6.62. The standard InChI is InChI=1S/C18H6O6Se3/c19-7-8(20)15-3-1-2-4-6-5(3)16(26-15)11(23)12(24)18(6)27-17(4)10(22)9(21)14(2)25-13(1)7/h19-24H. The molecular weight excluding hydrogens is 549 g/mol. The average molecular weight is 555 g/mol. The van der Waals surface area contributed by atoms with Crippen molar-refractivity contribution in [3.63, 3.8) is 0 Å². The molecule has 0 saturated heterocycles. The first-order valence-electron chi connectivity index (χ1n) is 7.82. The molecule has 3 aromatic heterocycles. The number of benzene rings is 4. The van der Waals surface area contributed by atoms with Gasteiger partial charge in [0.05, 0.1) is 0 Å². The zero-order valence-corrected chi connectivity index (χ0v) is 18.0. The van der Waals surface area contributed by atoms with Gasteiger partial charge >= 0.3 is 167 Å². The first-order valence-corrected chi connectivity index (χ1v) is 13.0. The monoisotopic (exact) mass is 558 g/mol. The van der Waals surface area contributed by atoms with Crippen LogP contribution in [-0.4, -0.2) is 74.1 Å². The van der Waals surface area contributed by atoms with Crippen LogP contribution in [-0.2, 0) is 0 Å². The maximum absolute atomic E-state index is 10.6. The number of phenolic OH excluding ortho intramolecular Hbond substituents is 6. The Kier molecular flexibility index (Phi) is 2.34. The van der Waals surface area contributed by atoms with Crippen molar-refractivity contribution in [2.24, 2.45) is 0 Å². The van der Waals surface area contributed by atoms with E-state index in [1.165, 1.54) is 0 Å². The Morgan fingerprint density at radius 1 is 0.296 bits per heavy atom. The summed E-state index contributed by atoms with van der Waals surface area (Å²) in [6, 6.07) is 0. The molecule has 0 atom stereocenters. The topological polar surface area (TPSA) is 121 Å². The van der Waals surface area contributed by atoms with Crippen LogP contribution >= 0.6 is 0 Å². The number of rotatable bonds is 0. The zero-order chi connectivity index (χ0) is 18.5. The van der Waals surface area contributed by atoms with Gasteiger partial charge in [-0.25, -0.2) is 0 Å². The zero-order valence-electron chi connectivity index (χ0n) is 12.9. The fourth-order valence-electron chi connectivity index (χ4n) is 4.37. The van der Waals surface area contributed by atoms with E-state index in [1.807, 2.05) is 0 Å². The summed E-state index contributed by atoms with van der Waals surface area (Å²) in [6.45, 7) is 0. The Morgan fingerprint density at radius 3 is 0.593 bits per heavy atom. The van der Waals surface area contributed by atoms with Gasteiger partial charge in [0.15, 0.2) is 0 Å². The van der Waals surface area contributed by atoms with Gasteiger partial charge in [-0.2, -0.15) is 0 Å². The third kappa shape index (κ3) is 1.32. The molecule has 0 saturated carbocycles. The number of hydrogen-bond acceptors (Lipinski definition) is 6. The van der Waals surface area contributed by atoms with E-state index in [0.29, 0.717) is 25.6 Å². The normalized spacial score (nSPS) is 13.3. The Bertz CT molecular complexity index is 1380. The molecule has 0 unspecified atom stereocenters. The summed E-state index contributed by atoms with van der Waals surface area (Å²) < 4.78 is 3.58. The third-order valence-electron chi connectivity index (χ3n) is 5.44. The van der Waals surface area contributed by atoms with Crippen molar-refractivity contribution in [1.82, 2.24) is 0 Å². The molecule has 6 nitrogen and oxygen atoms in total. The van der Waals surface area contributed by atoms with Gasteiger partial charge in [-0.05, 0) is 0 Å². The van der Waals surface area contributed by atoms with Crippen LogP contribution in [0.25, 0.3) is 57.9 Å². The van der Waals surface area contributed by atoms with Crippen LogP contribution in [0.4, 0.5) is 0 Å². The number of phenols is 6. The van der Waals surface area contributed by atoms with E-state index in [-0.39, 0.29) is 34.5 Å². The number of hydrogen-bond donors (Lipinski definition) is 6. The minimum atomic E-state index is -0.477. The van der Waals surface area contributed by atoms with Gasteiger partial charge in [-0.15, -0.1) is 0 Å². The molecule has 0 aliphatic carbocycles. The quantitative estimate of drug-likeness (QED) is 0.0972. The van der Waals surface area contributed by atoms with Gasteiger partial charge in [0, 0.05) is 0 Å². The van der Waals surface area contributed by atoms with E-state index in [1.54, 1.807) is 0 Å². The minimum absolute atomic E-state index is 0.182. The van der Waals surface area contributed by atoms with E-state index in [9.17, 15) is 30.6 Å². The molecule has 0 aliphatic heterocycles. The molecule has 0 fully saturated rings. The molecule has 3 heterocycles. The van der Waals surface area contributed by atoms with Crippen LogP contribution < -0.4 is 0 Å². The average Bonchev–Trinajstić information content (AvgIpc) is 3.32. The molecule has 0 radical (unpaired) electrons. The Labute approximate surface area is 165 Å². The molecule has 7 aromatic rings. The predicted molar refractivity (Wildman–Crippen MR) is 106 cm³/mol. The van der Waals surface area contributed by atoms with Crippen LogP contribution in [0.1, 0.15) is 0 Å². The van der Waals surface area contributed by atoms with E-state index in [2.05, 4.69) is 0 Å². The van der Waals surface area contributed by atoms with Gasteiger partial charge in [-0.3, -0.25) is 0 Å². The van der Waals surface area contributed by atoms with Gasteiger partial charge in [-0.1, -0.05) is 0 Å². The van der Waals surface area contributed by atoms with Gasteiger partial charge in [0.25, 0.3) is 0 Å². The van der Waals surface area contributed by atoms with Gasteiger partial charge < -0.3 is 0 Å². The second kappa shape index (κ2) is 4.20. The fourth-order valence-corrected chi connectivity index (χ4v) is 11.9. The van der Waals surface area contributed by atoms with E-state index >= 15 is 0 Å². The molecule has 27 heavy (non-hydrogen) atoms. The van der Waals surface area contributed by atoms with Crippen LogP contribution in [0.5, 0.6) is 34.5 Å². The molecule has 4 aromatic carbocycles. The Balaban J connectivity index is 2.10. The van der Waals surface area contributed by atoms with E-state index in [4.69, 9.17) is 0 Å². The van der Waals surface area contributed by atoms with E-state index in [0.717, 1.165) is 32.3 Å². The maximum atomic E-state index is 10.6. The van der Waals surface area contributed by atoms with Crippen molar-refractivity contribution in [3.8, 4) is 34.5 Å². The first kappa shape index (κ1) is 15.0. The van der Waals surface area contributed by atoms with Crippen molar-refractivity contribution in [1.29, 1.82) is 0 Å². The fraction of sp³-hybridized carbons (Fsp3) is 0. The summed E-state index contributed by atoms with van der Waals surface area (Å²) in [5.41, 5.74) is 0. The molecule has 0 spiro atoms. The van der Waals surface area contributed by atoms with Crippen LogP contribution in [0, 0.1) is 0 Å². The molecule has 132 valence electrons. The number of aromatic hydroxyl groups is 6. The SMILES string of the molecule is Oc1c(O)c2[se]c3c(O)c(O)c4[se]c5c(O)c(O)c6[se]c1c1c2c3c4c5c61. The summed E-state index contributed by atoms with van der Waals surface area (Å²) in [5, 5.41) is 68.7. The van der Waals surface area contributed by atoms with Crippen LogP contribution in [0.15, 0.2) is 0 Å². The molecule has 9 heteroatoms. The van der Waals surface area contributed by atoms with Crippen molar-refractivity contribution in [3.05, 3.63) is 0 Å². The molecule has 0 aliphatic rings. The second-order valence-corrected chi connectivity index (χ2v) is 13.0. The van der Waals surface area contributed by atoms with Gasteiger partial charge in [0.1, 0.15) is 0 Å². The van der Waals surface area contributed by atoms with Crippen molar-refractivity contribution < 1.29 is 30.6 Å². The molecule has 6 N–H and O–H groups in total. The molecule has 7 rings (SSSR count). The van der Waals surface area contributed by atoms with Crippen LogP contribution in [0.2, 0.25) is 0 Å². The summed E-state index contributed by atoms with van der Waals surface area (Å²) in [6.07, 6.45) is 0. The third-order valence-corrected chi connectivity index (χ3v) is 13.0. The summed E-state index contributed by atoms with van der Waals surface area (Å²) >= 11 is -1.43. The first-order chi connectivity index (χ1) is 12.9. The molecule has 0 amide bonds. The Hall–Kier alpha value is -1.98. The molecule has 0 bridgehead atoms. The van der Waals surface area contributed by atoms with Crippen molar-refractivity contribution in [2.45, 2.75) is 0 Å².